The molecule has 2 aromatic carbocycles. The van der Waals surface area contributed by atoms with E-state index in [4.69, 9.17) is 9.47 Å². The number of amides is 3. The summed E-state index contributed by atoms with van der Waals surface area (Å²) in [7, 11) is 0. The van der Waals surface area contributed by atoms with E-state index in [9.17, 15) is 19.5 Å². The van der Waals surface area contributed by atoms with Gasteiger partial charge in [-0.05, 0) is 54.5 Å². The summed E-state index contributed by atoms with van der Waals surface area (Å²) in [4.78, 5) is 48.4. The van der Waals surface area contributed by atoms with E-state index in [1.165, 1.54) is 0 Å². The topological polar surface area (TPSA) is 152 Å². The summed E-state index contributed by atoms with van der Waals surface area (Å²) >= 11 is 0. The Bertz CT molecular complexity index is 1700. The average molecular weight is 710 g/mol. The second kappa shape index (κ2) is 19.4. The molecule has 4 rings (SSSR count). The first kappa shape index (κ1) is 39.5. The summed E-state index contributed by atoms with van der Waals surface area (Å²) in [5.74, 6) is -0.698. The van der Waals surface area contributed by atoms with Crippen LogP contribution in [0.3, 0.4) is 0 Å². The van der Waals surface area contributed by atoms with Crippen LogP contribution >= 0.6 is 0 Å². The van der Waals surface area contributed by atoms with Crippen LogP contribution in [0.5, 0.6) is 0 Å². The van der Waals surface area contributed by atoms with Crippen LogP contribution in [0.25, 0.3) is 0 Å². The number of alkyl carbamates (subject to hydrolysis) is 2. The molecule has 4 N–H and O–H groups in total. The number of carbonyl (C=O) groups is 3. The first-order chi connectivity index (χ1) is 24.9. The molecule has 11 nitrogen and oxygen atoms in total. The highest BCUT2D eigenvalue weighted by Crippen LogP contribution is 2.20. The van der Waals surface area contributed by atoms with E-state index in [1.54, 1.807) is 30.6 Å². The molecule has 0 aliphatic rings. The summed E-state index contributed by atoms with van der Waals surface area (Å²) in [5.41, 5.74) is 3.90. The first-order valence-electron chi connectivity index (χ1n) is 17.7. The van der Waals surface area contributed by atoms with Crippen LogP contribution < -0.4 is 16.0 Å². The molecule has 0 aliphatic heterocycles. The minimum absolute atomic E-state index is 0.0202. The molecule has 0 radical (unpaired) electrons. The van der Waals surface area contributed by atoms with Gasteiger partial charge >= 0.3 is 12.2 Å². The highest BCUT2D eigenvalue weighted by atomic mass is 16.6. The summed E-state index contributed by atoms with van der Waals surface area (Å²) in [6.45, 7) is 9.80. The molecule has 0 aliphatic carbocycles. The van der Waals surface area contributed by atoms with E-state index in [0.29, 0.717) is 18.5 Å². The molecule has 0 spiro atoms. The van der Waals surface area contributed by atoms with Gasteiger partial charge in [0.05, 0.1) is 17.8 Å². The number of aromatic nitrogens is 2. The maximum absolute atomic E-state index is 13.8. The van der Waals surface area contributed by atoms with Crippen LogP contribution in [-0.4, -0.2) is 57.4 Å². The molecule has 3 amide bonds. The highest BCUT2D eigenvalue weighted by Gasteiger charge is 2.30. The highest BCUT2D eigenvalue weighted by molar-refractivity contribution is 5.86. The van der Waals surface area contributed by atoms with Crippen LogP contribution in [0.1, 0.15) is 69.1 Å². The van der Waals surface area contributed by atoms with E-state index < -0.39 is 42.3 Å². The van der Waals surface area contributed by atoms with Gasteiger partial charge in [-0.25, -0.2) is 9.59 Å². The molecule has 2 heterocycles. The lowest BCUT2D eigenvalue weighted by Crippen LogP contribution is -2.54. The van der Waals surface area contributed by atoms with Crippen molar-refractivity contribution in [1.82, 2.24) is 25.9 Å². The molecule has 11 heteroatoms. The normalized spacial score (nSPS) is 13.7. The first-order valence-corrected chi connectivity index (χ1v) is 17.7. The lowest BCUT2D eigenvalue weighted by atomic mass is 9.91. The van der Waals surface area contributed by atoms with Crippen molar-refractivity contribution < 1.29 is 29.0 Å². The quantitative estimate of drug-likeness (QED) is 0.110. The van der Waals surface area contributed by atoms with Gasteiger partial charge < -0.3 is 30.5 Å². The van der Waals surface area contributed by atoms with Gasteiger partial charge in [-0.15, -0.1) is 0 Å². The molecule has 4 aromatic rings. The molecule has 2 aromatic heterocycles. The zero-order valence-corrected chi connectivity index (χ0v) is 30.6. The minimum atomic E-state index is -1.08. The lowest BCUT2D eigenvalue weighted by molar-refractivity contribution is -0.125. The fourth-order valence-electron chi connectivity index (χ4n) is 5.64. The van der Waals surface area contributed by atoms with Crippen LogP contribution in [0.15, 0.2) is 103 Å². The molecular formula is C41H51N5O6. The van der Waals surface area contributed by atoms with Crippen molar-refractivity contribution in [2.45, 2.75) is 96.7 Å². The maximum atomic E-state index is 13.8. The lowest BCUT2D eigenvalue weighted by Gasteiger charge is -2.30. The Hall–Kier alpha value is -5.29. The van der Waals surface area contributed by atoms with E-state index in [0.717, 1.165) is 22.4 Å². The molecule has 276 valence electrons. The van der Waals surface area contributed by atoms with E-state index >= 15 is 0 Å². The number of ether oxygens (including phenoxy) is 2. The number of aliphatic hydroxyl groups is 1. The zero-order chi connectivity index (χ0) is 37.5. The largest absolute Gasteiger partial charge is 0.445 e. The van der Waals surface area contributed by atoms with Crippen molar-refractivity contribution in [1.29, 1.82) is 0 Å². The Balaban J connectivity index is 1.45. The fraction of sp³-hybridized carbons (Fsp3) is 0.390. The van der Waals surface area contributed by atoms with Crippen molar-refractivity contribution in [3.05, 3.63) is 131 Å². The summed E-state index contributed by atoms with van der Waals surface area (Å²) < 4.78 is 10.9. The van der Waals surface area contributed by atoms with Crippen molar-refractivity contribution in [3.63, 3.8) is 0 Å². The van der Waals surface area contributed by atoms with Crippen molar-refractivity contribution in [2.24, 2.45) is 5.92 Å². The van der Waals surface area contributed by atoms with Gasteiger partial charge in [0, 0.05) is 35.1 Å². The van der Waals surface area contributed by atoms with Crippen LogP contribution in [0.4, 0.5) is 9.59 Å². The van der Waals surface area contributed by atoms with Crippen LogP contribution in [0.2, 0.25) is 0 Å². The predicted molar refractivity (Wildman–Crippen MR) is 199 cm³/mol. The van der Waals surface area contributed by atoms with E-state index in [2.05, 4.69) is 46.7 Å². The van der Waals surface area contributed by atoms with Gasteiger partial charge in [0.1, 0.15) is 19.3 Å². The van der Waals surface area contributed by atoms with E-state index in [1.807, 2.05) is 86.6 Å². The molecule has 0 saturated carbocycles. The Morgan fingerprint density at radius 2 is 1.35 bits per heavy atom. The van der Waals surface area contributed by atoms with Gasteiger partial charge in [0.25, 0.3) is 0 Å². The van der Waals surface area contributed by atoms with Crippen LogP contribution in [0, 0.1) is 5.92 Å². The third-order valence-corrected chi connectivity index (χ3v) is 8.51. The predicted octanol–water partition coefficient (Wildman–Crippen LogP) is 6.04. The average Bonchev–Trinajstić information content (AvgIpc) is 3.12. The van der Waals surface area contributed by atoms with Gasteiger partial charge in [0.15, 0.2) is 0 Å². The number of hydrogen-bond acceptors (Lipinski definition) is 8. The number of nitrogens with one attached hydrogen (secondary N) is 3. The molecule has 0 fully saturated rings. The van der Waals surface area contributed by atoms with Gasteiger partial charge in [0.2, 0.25) is 5.91 Å². The Morgan fingerprint density at radius 1 is 0.731 bits per heavy atom. The number of aliphatic hydroxyl groups excluding tert-OH is 1. The third-order valence-electron chi connectivity index (χ3n) is 8.51. The van der Waals surface area contributed by atoms with Crippen molar-refractivity contribution in [2.75, 3.05) is 0 Å². The second-order valence-electron chi connectivity index (χ2n) is 14.3. The molecule has 52 heavy (non-hydrogen) atoms. The molecule has 0 saturated heterocycles. The zero-order valence-electron chi connectivity index (χ0n) is 30.6. The molecular weight excluding hydrogens is 658 g/mol. The summed E-state index contributed by atoms with van der Waals surface area (Å²) in [5, 5.41) is 20.3. The SMILES string of the molecule is CC(C)[C@H](NC(=O)OCc1cccc(C(C)(C)C)n1)C(=O)N[C@@H](Cc1ccccc1)C[C@H](O)[C@H](Cc1ccccc1)NC(=O)OCc1cccnc1. The Labute approximate surface area is 306 Å². The molecule has 4 atom stereocenters. The second-order valence-corrected chi connectivity index (χ2v) is 14.3. The third kappa shape index (κ3) is 13.1. The monoisotopic (exact) mass is 709 g/mol. The van der Waals surface area contributed by atoms with Crippen LogP contribution in [-0.2, 0) is 45.7 Å². The Morgan fingerprint density at radius 3 is 1.96 bits per heavy atom. The maximum Gasteiger partial charge on any atom is 0.408 e. The minimum Gasteiger partial charge on any atom is -0.445 e. The number of hydrogen-bond donors (Lipinski definition) is 4. The Kier molecular flexibility index (Phi) is 14.7. The molecule has 0 unspecified atom stereocenters. The number of rotatable bonds is 16. The van der Waals surface area contributed by atoms with Crippen molar-refractivity contribution >= 4 is 18.1 Å². The summed E-state index contributed by atoms with van der Waals surface area (Å²) in [6, 6.07) is 26.1. The van der Waals surface area contributed by atoms with Crippen molar-refractivity contribution in [3.8, 4) is 0 Å². The van der Waals surface area contributed by atoms with E-state index in [-0.39, 0.29) is 31.0 Å². The number of nitrogens with zero attached hydrogens (tertiary/aromatic N) is 2. The standard InChI is InChI=1S/C41H51N5O6/c1-28(2)37(46-40(50)52-27-32-19-12-20-36(43-32)41(3,4)5)38(48)44-33(22-29-14-8-6-9-15-29)24-35(47)34(23-30-16-10-7-11-17-30)45-39(49)51-26-31-18-13-21-42-25-31/h6-21,25,28,33-35,37,47H,22-24,26-27H2,1-5H3,(H,44,48)(H,45,49)(H,46,50)/t33-,34-,35-,37-/m0/s1. The number of carbonyl (C=O) groups excluding carboxylic acids is 3. The number of pyridine rings is 2. The smallest absolute Gasteiger partial charge is 0.408 e. The van der Waals surface area contributed by atoms with Gasteiger partial charge in [-0.3, -0.25) is 14.8 Å². The van der Waals surface area contributed by atoms with Gasteiger partial charge in [-0.2, -0.15) is 0 Å². The summed E-state index contributed by atoms with van der Waals surface area (Å²) in [6.07, 6.45) is 1.58. The molecule has 0 bridgehead atoms. The van der Waals surface area contributed by atoms with Gasteiger partial charge in [-0.1, -0.05) is 107 Å². The fourth-order valence-corrected chi connectivity index (χ4v) is 5.64. The number of benzene rings is 2.